The predicted octanol–water partition coefficient (Wildman–Crippen LogP) is 1.93. The lowest BCUT2D eigenvalue weighted by molar-refractivity contribution is -0.132. The third kappa shape index (κ3) is 7.24. The van der Waals surface area contributed by atoms with Crippen LogP contribution in [0.4, 0.5) is 5.69 Å². The molecule has 0 fully saturated rings. The third-order valence-electron chi connectivity index (χ3n) is 4.91. The van der Waals surface area contributed by atoms with Crippen molar-refractivity contribution < 1.29 is 24.4 Å². The summed E-state index contributed by atoms with van der Waals surface area (Å²) < 4.78 is 0. The van der Waals surface area contributed by atoms with Gasteiger partial charge < -0.3 is 26.0 Å². The van der Waals surface area contributed by atoms with Crippen LogP contribution in [0.15, 0.2) is 52.8 Å². The zero-order valence-corrected chi connectivity index (χ0v) is 18.2. The van der Waals surface area contributed by atoms with E-state index in [1.807, 2.05) is 0 Å². The van der Waals surface area contributed by atoms with Crippen LogP contribution < -0.4 is 21.8 Å². The number of carboxylic acid groups (broad SMARTS) is 1. The smallest absolute Gasteiger partial charge is 0.337 e. The number of anilines is 1. The highest BCUT2D eigenvalue weighted by molar-refractivity contribution is 6.21. The lowest BCUT2D eigenvalue weighted by Crippen LogP contribution is -2.27. The van der Waals surface area contributed by atoms with Gasteiger partial charge >= 0.3 is 5.97 Å². The van der Waals surface area contributed by atoms with Crippen molar-refractivity contribution >= 4 is 29.2 Å². The molecular formula is C22H29N5O5. The molecule has 172 valence electrons. The van der Waals surface area contributed by atoms with Crippen molar-refractivity contribution in [3.63, 3.8) is 0 Å². The van der Waals surface area contributed by atoms with Crippen molar-refractivity contribution in [1.29, 1.82) is 0 Å². The van der Waals surface area contributed by atoms with E-state index in [0.29, 0.717) is 24.4 Å². The molecule has 1 aliphatic rings. The summed E-state index contributed by atoms with van der Waals surface area (Å²) >= 11 is 0. The van der Waals surface area contributed by atoms with Crippen LogP contribution in [0.3, 0.4) is 0 Å². The normalized spacial score (nSPS) is 16.6. The lowest BCUT2D eigenvalue weighted by atomic mass is 9.90. The number of rotatable bonds is 11. The largest absolute Gasteiger partial charge is 0.478 e. The Kier molecular flexibility index (Phi) is 9.43. The number of hydrogen-bond acceptors (Lipinski definition) is 7. The van der Waals surface area contributed by atoms with Crippen LogP contribution in [0.1, 0.15) is 43.5 Å². The van der Waals surface area contributed by atoms with E-state index in [2.05, 4.69) is 26.0 Å². The summed E-state index contributed by atoms with van der Waals surface area (Å²) in [6.07, 6.45) is 5.71. The Morgan fingerprint density at radius 3 is 2.31 bits per heavy atom. The van der Waals surface area contributed by atoms with E-state index in [1.54, 1.807) is 37.3 Å². The molecule has 1 aliphatic carbocycles. The molecule has 0 spiro atoms. The maximum absolute atomic E-state index is 12.3. The monoisotopic (exact) mass is 443 g/mol. The summed E-state index contributed by atoms with van der Waals surface area (Å²) in [6.45, 7) is 4.48. The first-order valence-electron chi connectivity index (χ1n) is 10.3. The zero-order valence-electron chi connectivity index (χ0n) is 18.2. The number of allylic oxidation sites excluding steroid dienone is 3. The molecular weight excluding hydrogens is 414 g/mol. The average Bonchev–Trinajstić information content (AvgIpc) is 2.76. The summed E-state index contributed by atoms with van der Waals surface area (Å²) in [4.78, 5) is 38.8. The number of carboxylic acids is 1. The van der Waals surface area contributed by atoms with E-state index < -0.39 is 5.97 Å². The number of carbonyl (C=O) groups is 3. The van der Waals surface area contributed by atoms with Gasteiger partial charge in [0.2, 0.25) is 5.91 Å². The number of nitrogens with one attached hydrogen (secondary N) is 3. The molecule has 1 aromatic rings. The van der Waals surface area contributed by atoms with Gasteiger partial charge in [-0.1, -0.05) is 12.1 Å². The summed E-state index contributed by atoms with van der Waals surface area (Å²) in [5.74, 6) is 3.30. The van der Waals surface area contributed by atoms with E-state index in [9.17, 15) is 19.5 Å². The Hall–Kier alpha value is -3.66. The summed E-state index contributed by atoms with van der Waals surface area (Å²) in [5.41, 5.74) is 2.19. The van der Waals surface area contributed by atoms with Gasteiger partial charge in [-0.3, -0.25) is 9.59 Å². The van der Waals surface area contributed by atoms with Crippen LogP contribution in [-0.2, 0) is 14.5 Å². The molecule has 0 heterocycles. The Morgan fingerprint density at radius 1 is 1.06 bits per heavy atom. The zero-order chi connectivity index (χ0) is 23.5. The van der Waals surface area contributed by atoms with Gasteiger partial charge in [0, 0.05) is 42.9 Å². The van der Waals surface area contributed by atoms with Crippen LogP contribution in [0.25, 0.3) is 0 Å². The highest BCUT2D eigenvalue weighted by Crippen LogP contribution is 2.25. The molecule has 10 nitrogen and oxygen atoms in total. The topological polar surface area (TPSA) is 155 Å². The number of hydrogen-bond donors (Lipinski definition) is 5. The molecule has 0 radical (unpaired) electrons. The Balaban J connectivity index is 1.88. The lowest BCUT2D eigenvalue weighted by Gasteiger charge is -2.22. The fraction of sp³-hybridized carbons (Fsp3) is 0.364. The molecule has 6 N–H and O–H groups in total. The van der Waals surface area contributed by atoms with Gasteiger partial charge in [0.25, 0.3) is 5.91 Å². The summed E-state index contributed by atoms with van der Waals surface area (Å²) in [6, 6.07) is 6.95. The van der Waals surface area contributed by atoms with Crippen LogP contribution in [0.5, 0.6) is 0 Å². The van der Waals surface area contributed by atoms with E-state index in [1.165, 1.54) is 13.0 Å². The number of nitrogens with two attached hydrogens (primary N) is 1. The molecule has 0 saturated heterocycles. The third-order valence-corrected chi connectivity index (χ3v) is 4.91. The van der Waals surface area contributed by atoms with Gasteiger partial charge in [-0.05, 0) is 55.7 Å². The SMILES string of the molecule is CC(=O)NCCCCCNC(=O)c1ccc(NC2=CC=C(C(=O)O)/C(=N/ON)C2C)cc1. The highest BCUT2D eigenvalue weighted by atomic mass is 16.7. The molecule has 0 saturated carbocycles. The molecule has 1 aromatic carbocycles. The van der Waals surface area contributed by atoms with Gasteiger partial charge in [-0.25, -0.2) is 4.79 Å². The second-order valence-corrected chi connectivity index (χ2v) is 7.31. The van der Waals surface area contributed by atoms with Crippen molar-refractivity contribution in [2.75, 3.05) is 18.4 Å². The van der Waals surface area contributed by atoms with Crippen LogP contribution in [0, 0.1) is 5.92 Å². The minimum atomic E-state index is -1.12. The number of aliphatic carboxylic acids is 1. The predicted molar refractivity (Wildman–Crippen MR) is 121 cm³/mol. The van der Waals surface area contributed by atoms with Gasteiger partial charge in [-0.15, -0.1) is 5.90 Å². The van der Waals surface area contributed by atoms with Crippen molar-refractivity contribution in [2.45, 2.75) is 33.1 Å². The molecule has 1 atom stereocenters. The standard InChI is InChI=1S/C22H29N5O5/c1-14-19(11-10-18(22(30)31)20(14)27-32-23)26-17-8-6-16(7-9-17)21(29)25-13-5-3-4-12-24-15(2)28/h6-11,14,26H,3-5,12-13,23H2,1-2H3,(H,24,28)(H,25,29)(H,30,31)/b27-20+. The maximum Gasteiger partial charge on any atom is 0.337 e. The Bertz CT molecular complexity index is 921. The second kappa shape index (κ2) is 12.3. The Labute approximate surface area is 186 Å². The van der Waals surface area contributed by atoms with Crippen molar-refractivity contribution in [1.82, 2.24) is 10.6 Å². The minimum absolute atomic E-state index is 0.00985. The molecule has 0 bridgehead atoms. The van der Waals surface area contributed by atoms with Crippen LogP contribution in [-0.4, -0.2) is 41.7 Å². The maximum atomic E-state index is 12.3. The molecule has 10 heteroatoms. The number of carbonyl (C=O) groups excluding carboxylic acids is 2. The van der Waals surface area contributed by atoms with Crippen molar-refractivity contribution in [3.8, 4) is 0 Å². The molecule has 2 rings (SSSR count). The molecule has 32 heavy (non-hydrogen) atoms. The van der Waals surface area contributed by atoms with Crippen molar-refractivity contribution in [3.05, 3.63) is 53.3 Å². The molecule has 0 aromatic heterocycles. The van der Waals surface area contributed by atoms with Gasteiger partial charge in [0.15, 0.2) is 0 Å². The fourth-order valence-corrected chi connectivity index (χ4v) is 3.17. The number of oxime groups is 1. The first-order valence-corrected chi connectivity index (χ1v) is 10.3. The van der Waals surface area contributed by atoms with E-state index in [0.717, 1.165) is 24.9 Å². The van der Waals surface area contributed by atoms with E-state index >= 15 is 0 Å². The van der Waals surface area contributed by atoms with Crippen LogP contribution in [0.2, 0.25) is 0 Å². The second-order valence-electron chi connectivity index (χ2n) is 7.31. The average molecular weight is 444 g/mol. The number of unbranched alkanes of at least 4 members (excludes halogenated alkanes) is 2. The van der Waals surface area contributed by atoms with Gasteiger partial charge in [0.05, 0.1) is 5.57 Å². The fourth-order valence-electron chi connectivity index (χ4n) is 3.17. The van der Waals surface area contributed by atoms with Gasteiger partial charge in [0.1, 0.15) is 5.71 Å². The molecule has 2 amide bonds. The quantitative estimate of drug-likeness (QED) is 0.258. The summed E-state index contributed by atoms with van der Waals surface area (Å²) in [5, 5.41) is 21.8. The number of amides is 2. The van der Waals surface area contributed by atoms with Gasteiger partial charge in [-0.2, -0.15) is 0 Å². The summed E-state index contributed by atoms with van der Waals surface area (Å²) in [7, 11) is 0. The molecule has 0 aliphatic heterocycles. The Morgan fingerprint density at radius 2 is 1.72 bits per heavy atom. The number of nitrogens with zero attached hydrogens (tertiary/aromatic N) is 1. The minimum Gasteiger partial charge on any atom is -0.478 e. The first-order chi connectivity index (χ1) is 15.3. The number of benzene rings is 1. The van der Waals surface area contributed by atoms with E-state index in [4.69, 9.17) is 5.90 Å². The van der Waals surface area contributed by atoms with E-state index in [-0.39, 0.29) is 29.0 Å². The van der Waals surface area contributed by atoms with Crippen molar-refractivity contribution in [2.24, 2.45) is 17.0 Å². The first kappa shape index (κ1) is 24.6. The molecule has 1 unspecified atom stereocenters. The van der Waals surface area contributed by atoms with Crippen LogP contribution >= 0.6 is 0 Å². The highest BCUT2D eigenvalue weighted by Gasteiger charge is 2.27.